The van der Waals surface area contributed by atoms with E-state index < -0.39 is 0 Å². The Bertz CT molecular complexity index is 736. The molecule has 0 bridgehead atoms. The van der Waals surface area contributed by atoms with E-state index in [0.29, 0.717) is 12.5 Å². The lowest BCUT2D eigenvalue weighted by atomic mass is 10.1. The molecular weight excluding hydrogens is 479 g/mol. The highest BCUT2D eigenvalue weighted by Gasteiger charge is 2.03. The van der Waals surface area contributed by atoms with E-state index in [9.17, 15) is 4.79 Å². The van der Waals surface area contributed by atoms with E-state index >= 15 is 0 Å². The van der Waals surface area contributed by atoms with E-state index in [0.717, 1.165) is 31.7 Å². The number of amides is 1. The molecule has 2 aromatic carbocycles. The van der Waals surface area contributed by atoms with Gasteiger partial charge in [0.15, 0.2) is 5.96 Å². The number of methoxy groups -OCH3 is 1. The van der Waals surface area contributed by atoms with Gasteiger partial charge in [0.05, 0.1) is 7.11 Å². The highest BCUT2D eigenvalue weighted by molar-refractivity contribution is 14.0. The van der Waals surface area contributed by atoms with Crippen molar-refractivity contribution in [3.05, 3.63) is 65.7 Å². The smallest absolute Gasteiger partial charge is 0.241 e. The second-order valence-electron chi connectivity index (χ2n) is 6.31. The molecule has 0 saturated heterocycles. The fraction of sp³-hybridized carbons (Fsp3) is 0.364. The van der Waals surface area contributed by atoms with E-state index in [4.69, 9.17) is 4.74 Å². The molecule has 0 radical (unpaired) electrons. The molecule has 1 amide bonds. The van der Waals surface area contributed by atoms with Crippen LogP contribution >= 0.6 is 24.0 Å². The second kappa shape index (κ2) is 14.7. The number of carbonyl (C=O) groups excluding carboxylic acids is 1. The number of ether oxygens (including phenoxy) is 1. The number of hydrogen-bond acceptors (Lipinski definition) is 3. The zero-order valence-electron chi connectivity index (χ0n) is 17.1. The Morgan fingerprint density at radius 1 is 0.897 bits per heavy atom. The van der Waals surface area contributed by atoms with E-state index in [2.05, 4.69) is 33.1 Å². The number of guanidine groups is 1. The number of benzene rings is 2. The van der Waals surface area contributed by atoms with E-state index in [1.54, 1.807) is 7.11 Å². The van der Waals surface area contributed by atoms with Crippen LogP contribution in [-0.2, 0) is 17.6 Å². The quantitative estimate of drug-likeness (QED) is 0.261. The molecule has 2 rings (SSSR count). The van der Waals surface area contributed by atoms with Crippen LogP contribution in [0.5, 0.6) is 5.75 Å². The molecule has 0 saturated carbocycles. The molecule has 158 valence electrons. The van der Waals surface area contributed by atoms with Gasteiger partial charge in [0.2, 0.25) is 5.91 Å². The summed E-state index contributed by atoms with van der Waals surface area (Å²) in [7, 11) is 1.66. The van der Waals surface area contributed by atoms with Crippen molar-refractivity contribution in [3.8, 4) is 5.75 Å². The average molecular weight is 510 g/mol. The van der Waals surface area contributed by atoms with Crippen molar-refractivity contribution in [3.63, 3.8) is 0 Å². The van der Waals surface area contributed by atoms with Gasteiger partial charge in [-0.25, -0.2) is 4.99 Å². The molecule has 0 atom stereocenters. The second-order valence-corrected chi connectivity index (χ2v) is 6.31. The van der Waals surface area contributed by atoms with Crippen molar-refractivity contribution >= 4 is 35.8 Å². The lowest BCUT2D eigenvalue weighted by molar-refractivity contribution is -0.119. The minimum Gasteiger partial charge on any atom is -0.497 e. The topological polar surface area (TPSA) is 74.8 Å². The van der Waals surface area contributed by atoms with Crippen molar-refractivity contribution in [1.82, 2.24) is 16.0 Å². The summed E-state index contributed by atoms with van der Waals surface area (Å²) in [6.07, 6.45) is 1.67. The molecule has 0 heterocycles. The van der Waals surface area contributed by atoms with Crippen molar-refractivity contribution in [2.45, 2.75) is 19.8 Å². The summed E-state index contributed by atoms with van der Waals surface area (Å²) in [5.74, 6) is 1.42. The fourth-order valence-corrected chi connectivity index (χ4v) is 2.66. The summed E-state index contributed by atoms with van der Waals surface area (Å²) < 4.78 is 5.17. The summed E-state index contributed by atoms with van der Waals surface area (Å²) in [4.78, 5) is 16.4. The summed E-state index contributed by atoms with van der Waals surface area (Å²) >= 11 is 0. The highest BCUT2D eigenvalue weighted by Crippen LogP contribution is 2.11. The minimum absolute atomic E-state index is 0. The van der Waals surface area contributed by atoms with Gasteiger partial charge in [-0.3, -0.25) is 4.79 Å². The summed E-state index contributed by atoms with van der Waals surface area (Å²) in [5, 5.41) is 9.33. The first kappa shape index (κ1) is 24.7. The molecule has 3 N–H and O–H groups in total. The maximum atomic E-state index is 12.0. The lowest BCUT2D eigenvalue weighted by Gasteiger charge is -2.11. The van der Waals surface area contributed by atoms with Crippen LogP contribution in [0, 0.1) is 0 Å². The van der Waals surface area contributed by atoms with Crippen LogP contribution in [0.15, 0.2) is 59.6 Å². The molecule has 0 spiro atoms. The first-order valence-corrected chi connectivity index (χ1v) is 9.67. The third kappa shape index (κ3) is 10.2. The lowest BCUT2D eigenvalue weighted by Crippen LogP contribution is -2.39. The maximum Gasteiger partial charge on any atom is 0.241 e. The van der Waals surface area contributed by atoms with Crippen LogP contribution in [0.1, 0.15) is 18.1 Å². The molecule has 0 aliphatic carbocycles. The zero-order valence-corrected chi connectivity index (χ0v) is 19.4. The van der Waals surface area contributed by atoms with Gasteiger partial charge in [0.25, 0.3) is 0 Å². The molecular formula is C22H31IN4O2. The Labute approximate surface area is 190 Å². The predicted octanol–water partition coefficient (Wildman–Crippen LogP) is 2.77. The first-order valence-electron chi connectivity index (χ1n) is 9.67. The molecule has 0 aromatic heterocycles. The minimum atomic E-state index is -0.0803. The summed E-state index contributed by atoms with van der Waals surface area (Å²) in [6.45, 7) is 4.19. The van der Waals surface area contributed by atoms with Crippen LogP contribution in [0.2, 0.25) is 0 Å². The Balaban J connectivity index is 0.00000420. The Morgan fingerprint density at radius 3 is 2.14 bits per heavy atom. The molecule has 29 heavy (non-hydrogen) atoms. The number of aliphatic imine (C=N–C) groups is 1. The molecule has 6 nitrogen and oxygen atoms in total. The van der Waals surface area contributed by atoms with Gasteiger partial charge in [-0.05, 0) is 43.0 Å². The van der Waals surface area contributed by atoms with E-state index in [-0.39, 0.29) is 36.4 Å². The SMILES string of the molecule is CCNC(=NCC(=O)NCCc1ccccc1)NCCc1ccc(OC)cc1.I. The largest absolute Gasteiger partial charge is 0.497 e. The zero-order chi connectivity index (χ0) is 20.0. The Kier molecular flexibility index (Phi) is 12.5. The van der Waals surface area contributed by atoms with Crippen LogP contribution in [0.3, 0.4) is 0 Å². The molecule has 0 unspecified atom stereocenters. The highest BCUT2D eigenvalue weighted by atomic mass is 127. The molecule has 7 heteroatoms. The van der Waals surface area contributed by atoms with Gasteiger partial charge in [-0.15, -0.1) is 24.0 Å². The molecule has 2 aromatic rings. The standard InChI is InChI=1S/C22H30N4O2.HI/c1-3-23-22(25-16-14-19-9-11-20(28-2)12-10-19)26-17-21(27)24-15-13-18-7-5-4-6-8-18;/h4-12H,3,13-17H2,1-2H3,(H,24,27)(H2,23,25,26);1H. The number of hydrogen-bond donors (Lipinski definition) is 3. The van der Waals surface area contributed by atoms with Crippen molar-refractivity contribution in [2.75, 3.05) is 33.3 Å². The molecule has 0 fully saturated rings. The predicted molar refractivity (Wildman–Crippen MR) is 129 cm³/mol. The van der Waals surface area contributed by atoms with Gasteiger partial charge in [-0.1, -0.05) is 42.5 Å². The Hall–Kier alpha value is -2.29. The molecule has 0 aliphatic heterocycles. The number of nitrogens with zero attached hydrogens (tertiary/aromatic N) is 1. The summed E-state index contributed by atoms with van der Waals surface area (Å²) in [5.41, 5.74) is 2.42. The van der Waals surface area contributed by atoms with E-state index in [1.807, 2.05) is 49.4 Å². The van der Waals surface area contributed by atoms with Crippen LogP contribution in [0.4, 0.5) is 0 Å². The third-order valence-electron chi connectivity index (χ3n) is 4.17. The maximum absolute atomic E-state index is 12.0. The van der Waals surface area contributed by atoms with Gasteiger partial charge >= 0.3 is 0 Å². The third-order valence-corrected chi connectivity index (χ3v) is 4.17. The first-order chi connectivity index (χ1) is 13.7. The number of halogens is 1. The average Bonchev–Trinajstić information content (AvgIpc) is 2.73. The van der Waals surface area contributed by atoms with E-state index in [1.165, 1.54) is 11.1 Å². The Morgan fingerprint density at radius 2 is 1.52 bits per heavy atom. The molecule has 0 aliphatic rings. The van der Waals surface area contributed by atoms with Crippen molar-refractivity contribution < 1.29 is 9.53 Å². The van der Waals surface area contributed by atoms with Gasteiger partial charge < -0.3 is 20.7 Å². The summed E-state index contributed by atoms with van der Waals surface area (Å²) in [6, 6.07) is 18.1. The van der Waals surface area contributed by atoms with Gasteiger partial charge in [0.1, 0.15) is 12.3 Å². The number of carbonyl (C=O) groups is 1. The van der Waals surface area contributed by atoms with Gasteiger partial charge in [0, 0.05) is 19.6 Å². The van der Waals surface area contributed by atoms with Crippen molar-refractivity contribution in [2.24, 2.45) is 4.99 Å². The van der Waals surface area contributed by atoms with Crippen molar-refractivity contribution in [1.29, 1.82) is 0 Å². The van der Waals surface area contributed by atoms with Gasteiger partial charge in [-0.2, -0.15) is 0 Å². The number of rotatable bonds is 10. The van der Waals surface area contributed by atoms with Crippen LogP contribution in [-0.4, -0.2) is 45.2 Å². The normalized spacial score (nSPS) is 10.6. The number of nitrogens with one attached hydrogen (secondary N) is 3. The monoisotopic (exact) mass is 510 g/mol. The fourth-order valence-electron chi connectivity index (χ4n) is 2.66. The van der Waals surface area contributed by atoms with Crippen LogP contribution in [0.25, 0.3) is 0 Å². The van der Waals surface area contributed by atoms with Crippen LogP contribution < -0.4 is 20.7 Å².